The quantitative estimate of drug-likeness (QED) is 0.747. The summed E-state index contributed by atoms with van der Waals surface area (Å²) in [6.07, 6.45) is 3.37. The van der Waals surface area contributed by atoms with Gasteiger partial charge in [-0.2, -0.15) is 0 Å². The molecule has 2 aliphatic heterocycles. The molecule has 3 rings (SSSR count). The molecule has 9 heteroatoms. The number of rotatable bonds is 7. The lowest BCUT2D eigenvalue weighted by Crippen LogP contribution is -2.65. The molecule has 0 bridgehead atoms. The van der Waals surface area contributed by atoms with E-state index in [0.29, 0.717) is 12.5 Å². The average Bonchev–Trinajstić information content (AvgIpc) is 2.97. The van der Waals surface area contributed by atoms with Crippen molar-refractivity contribution in [1.29, 1.82) is 0 Å². The lowest BCUT2D eigenvalue weighted by atomic mass is 9.79. The lowest BCUT2D eigenvalue weighted by molar-refractivity contribution is -0.0454. The first-order chi connectivity index (χ1) is 11.9. The van der Waals surface area contributed by atoms with Gasteiger partial charge in [-0.1, -0.05) is 0 Å². The highest BCUT2D eigenvalue weighted by atomic mass is 32.2. The zero-order valence-electron chi connectivity index (χ0n) is 15.1. The standard InChI is InChI=1S/C16H27N5O3S/c1-4-25(22,23)19-7-5-13-6-8-24-16(13)10-21(11-16)15-9-14(20(2)3)17-12-18-15/h9,12-13,19H,4-8,10-11H2,1-3H3/t13-/m0/s1. The monoisotopic (exact) mass is 369 g/mol. The fourth-order valence-electron chi connectivity index (χ4n) is 3.55. The van der Waals surface area contributed by atoms with Gasteiger partial charge in [0.05, 0.1) is 18.8 Å². The number of hydrogen-bond donors (Lipinski definition) is 1. The van der Waals surface area contributed by atoms with E-state index in [2.05, 4.69) is 19.6 Å². The van der Waals surface area contributed by atoms with Crippen molar-refractivity contribution in [2.75, 3.05) is 55.9 Å². The molecule has 0 radical (unpaired) electrons. The van der Waals surface area contributed by atoms with Crippen molar-refractivity contribution in [1.82, 2.24) is 14.7 Å². The molecule has 1 aromatic heterocycles. The highest BCUT2D eigenvalue weighted by Gasteiger charge is 2.53. The minimum Gasteiger partial charge on any atom is -0.371 e. The third-order valence-electron chi connectivity index (χ3n) is 5.13. The van der Waals surface area contributed by atoms with E-state index in [0.717, 1.165) is 44.2 Å². The van der Waals surface area contributed by atoms with E-state index in [4.69, 9.17) is 4.74 Å². The molecule has 1 spiro atoms. The zero-order chi connectivity index (χ0) is 18.1. The van der Waals surface area contributed by atoms with Crippen LogP contribution in [-0.2, 0) is 14.8 Å². The Hall–Kier alpha value is -1.45. The van der Waals surface area contributed by atoms with Crippen LogP contribution in [-0.4, -0.2) is 70.1 Å². The van der Waals surface area contributed by atoms with Gasteiger partial charge in [0.25, 0.3) is 0 Å². The molecule has 2 aliphatic rings. The van der Waals surface area contributed by atoms with Crippen LogP contribution in [0.15, 0.2) is 12.4 Å². The third-order valence-corrected chi connectivity index (χ3v) is 6.54. The van der Waals surface area contributed by atoms with E-state index in [1.165, 1.54) is 0 Å². The summed E-state index contributed by atoms with van der Waals surface area (Å²) in [6, 6.07) is 1.98. The molecular weight excluding hydrogens is 342 g/mol. The Morgan fingerprint density at radius 1 is 1.40 bits per heavy atom. The summed E-state index contributed by atoms with van der Waals surface area (Å²) in [5, 5.41) is 0. The van der Waals surface area contributed by atoms with Crippen molar-refractivity contribution in [3.8, 4) is 0 Å². The molecule has 8 nitrogen and oxygen atoms in total. The Balaban J connectivity index is 1.58. The number of aromatic nitrogens is 2. The molecule has 0 aliphatic carbocycles. The first-order valence-corrected chi connectivity index (χ1v) is 10.4. The second kappa shape index (κ2) is 7.05. The molecule has 0 saturated carbocycles. The van der Waals surface area contributed by atoms with Crippen LogP contribution < -0.4 is 14.5 Å². The molecule has 1 aromatic rings. The van der Waals surface area contributed by atoms with E-state index >= 15 is 0 Å². The van der Waals surface area contributed by atoms with Crippen LogP contribution in [0.5, 0.6) is 0 Å². The fourth-order valence-corrected chi connectivity index (χ4v) is 4.18. The van der Waals surface area contributed by atoms with Crippen LogP contribution in [0.25, 0.3) is 0 Å². The van der Waals surface area contributed by atoms with E-state index in [9.17, 15) is 8.42 Å². The second-order valence-corrected chi connectivity index (χ2v) is 9.07. The number of nitrogens with one attached hydrogen (secondary N) is 1. The van der Waals surface area contributed by atoms with Gasteiger partial charge in [-0.05, 0) is 25.7 Å². The van der Waals surface area contributed by atoms with Gasteiger partial charge in [-0.15, -0.1) is 0 Å². The van der Waals surface area contributed by atoms with Gasteiger partial charge >= 0.3 is 0 Å². The highest BCUT2D eigenvalue weighted by Crippen LogP contribution is 2.43. The first kappa shape index (κ1) is 18.3. The summed E-state index contributed by atoms with van der Waals surface area (Å²) in [4.78, 5) is 12.8. The van der Waals surface area contributed by atoms with Gasteiger partial charge in [-0.25, -0.2) is 23.1 Å². The normalized spacial score (nSPS) is 22.2. The second-order valence-electron chi connectivity index (χ2n) is 6.97. The molecule has 0 unspecified atom stereocenters. The van der Waals surface area contributed by atoms with E-state index in [1.54, 1.807) is 13.3 Å². The Morgan fingerprint density at radius 3 is 2.84 bits per heavy atom. The van der Waals surface area contributed by atoms with E-state index in [-0.39, 0.29) is 11.4 Å². The van der Waals surface area contributed by atoms with Crippen LogP contribution in [0.2, 0.25) is 0 Å². The van der Waals surface area contributed by atoms with Crippen LogP contribution >= 0.6 is 0 Å². The van der Waals surface area contributed by atoms with Crippen LogP contribution in [0.3, 0.4) is 0 Å². The molecule has 0 amide bonds. The Bertz CT molecular complexity index is 703. The lowest BCUT2D eigenvalue weighted by Gasteiger charge is -2.51. The summed E-state index contributed by atoms with van der Waals surface area (Å²) >= 11 is 0. The van der Waals surface area contributed by atoms with Crippen LogP contribution in [0.1, 0.15) is 19.8 Å². The molecule has 2 fully saturated rings. The van der Waals surface area contributed by atoms with Crippen molar-refractivity contribution in [3.63, 3.8) is 0 Å². The van der Waals surface area contributed by atoms with Crippen molar-refractivity contribution < 1.29 is 13.2 Å². The number of sulfonamides is 1. The van der Waals surface area contributed by atoms with Crippen molar-refractivity contribution in [2.24, 2.45) is 5.92 Å². The zero-order valence-corrected chi connectivity index (χ0v) is 15.9. The predicted molar refractivity (Wildman–Crippen MR) is 97.4 cm³/mol. The van der Waals surface area contributed by atoms with Crippen LogP contribution in [0.4, 0.5) is 11.6 Å². The topological polar surface area (TPSA) is 87.7 Å². The number of ether oxygens (including phenoxy) is 1. The smallest absolute Gasteiger partial charge is 0.211 e. The van der Waals surface area contributed by atoms with Gasteiger partial charge in [0, 0.05) is 33.3 Å². The van der Waals surface area contributed by atoms with Crippen molar-refractivity contribution in [2.45, 2.75) is 25.4 Å². The highest BCUT2D eigenvalue weighted by molar-refractivity contribution is 7.89. The summed E-state index contributed by atoms with van der Waals surface area (Å²) < 4.78 is 31.9. The van der Waals surface area contributed by atoms with Gasteiger partial charge in [-0.3, -0.25) is 0 Å². The van der Waals surface area contributed by atoms with Gasteiger partial charge in [0.2, 0.25) is 10.0 Å². The molecule has 140 valence electrons. The molecule has 2 saturated heterocycles. The SMILES string of the molecule is CCS(=O)(=O)NCC[C@H]1CCOC12CN(c1cc(N(C)C)ncn1)C2. The third kappa shape index (κ3) is 3.88. The fraction of sp³-hybridized carbons (Fsp3) is 0.750. The molecule has 0 aromatic carbocycles. The minimum atomic E-state index is -3.13. The van der Waals surface area contributed by atoms with Gasteiger partial charge < -0.3 is 14.5 Å². The average molecular weight is 369 g/mol. The van der Waals surface area contributed by atoms with Crippen LogP contribution in [0, 0.1) is 5.92 Å². The summed E-state index contributed by atoms with van der Waals surface area (Å²) in [5.41, 5.74) is -0.166. The Morgan fingerprint density at radius 2 is 2.16 bits per heavy atom. The van der Waals surface area contributed by atoms with Gasteiger partial charge in [0.15, 0.2) is 0 Å². The largest absolute Gasteiger partial charge is 0.371 e. The van der Waals surface area contributed by atoms with E-state index < -0.39 is 10.0 Å². The summed E-state index contributed by atoms with van der Waals surface area (Å²) in [5.74, 6) is 2.28. The molecular formula is C16H27N5O3S. The Kier molecular flexibility index (Phi) is 5.17. The molecule has 3 heterocycles. The van der Waals surface area contributed by atoms with Gasteiger partial charge in [0.1, 0.15) is 23.6 Å². The summed E-state index contributed by atoms with van der Waals surface area (Å²) in [7, 11) is 0.784. The maximum Gasteiger partial charge on any atom is 0.211 e. The van der Waals surface area contributed by atoms with Crippen molar-refractivity contribution in [3.05, 3.63) is 12.4 Å². The summed E-state index contributed by atoms with van der Waals surface area (Å²) in [6.45, 7) is 4.45. The molecule has 1 N–H and O–H groups in total. The van der Waals surface area contributed by atoms with E-state index in [1.807, 2.05) is 25.1 Å². The maximum absolute atomic E-state index is 11.6. The predicted octanol–water partition coefficient (Wildman–Crippen LogP) is 0.467. The maximum atomic E-state index is 11.6. The number of hydrogen-bond acceptors (Lipinski definition) is 7. The Labute approximate surface area is 149 Å². The van der Waals surface area contributed by atoms with Crippen molar-refractivity contribution >= 4 is 21.7 Å². The first-order valence-electron chi connectivity index (χ1n) is 8.71. The molecule has 25 heavy (non-hydrogen) atoms. The minimum absolute atomic E-state index is 0.120. The molecule has 1 atom stereocenters. The number of anilines is 2. The number of nitrogens with zero attached hydrogens (tertiary/aromatic N) is 4.